The molecule has 0 saturated carbocycles. The van der Waals surface area contributed by atoms with Crippen LogP contribution in [0.15, 0.2) is 30.3 Å². The van der Waals surface area contributed by atoms with Crippen molar-refractivity contribution >= 4 is 40.4 Å². The summed E-state index contributed by atoms with van der Waals surface area (Å²) in [6, 6.07) is 8.93. The van der Waals surface area contributed by atoms with Crippen LogP contribution in [-0.2, 0) is 0 Å². The van der Waals surface area contributed by atoms with Crippen LogP contribution in [0.3, 0.4) is 0 Å². The Morgan fingerprint density at radius 1 is 1.12 bits per heavy atom. The fourth-order valence-electron chi connectivity index (χ4n) is 1.38. The number of hydrogen-bond acceptors (Lipinski definition) is 3. The molecule has 1 aromatic heterocycles. The van der Waals surface area contributed by atoms with Crippen LogP contribution in [-0.4, -0.2) is 4.98 Å². The molecule has 0 aliphatic heterocycles. The quantitative estimate of drug-likeness (QED) is 0.864. The Labute approximate surface area is 110 Å². The van der Waals surface area contributed by atoms with E-state index < -0.39 is 0 Å². The lowest BCUT2D eigenvalue weighted by Gasteiger charge is -2.09. The second-order valence-electron chi connectivity index (χ2n) is 3.64. The maximum Gasteiger partial charge on any atom is 0.153 e. The van der Waals surface area contributed by atoms with Gasteiger partial charge in [-0.05, 0) is 37.3 Å². The van der Waals surface area contributed by atoms with Crippen LogP contribution in [0.25, 0.3) is 0 Å². The molecule has 0 atom stereocenters. The van der Waals surface area contributed by atoms with E-state index >= 15 is 0 Å². The maximum atomic E-state index is 5.93. The molecule has 0 bridgehead atoms. The lowest BCUT2D eigenvalue weighted by atomic mass is 10.3. The smallest absolute Gasteiger partial charge is 0.153 e. The first-order valence-electron chi connectivity index (χ1n) is 5.01. The fraction of sp³-hybridized carbons (Fsp3) is 0.0833. The second kappa shape index (κ2) is 4.82. The molecule has 2 rings (SSSR count). The summed E-state index contributed by atoms with van der Waals surface area (Å²) in [6.07, 6.45) is 0. The van der Waals surface area contributed by atoms with Gasteiger partial charge in [0.05, 0.1) is 15.7 Å². The van der Waals surface area contributed by atoms with Crippen molar-refractivity contribution in [1.82, 2.24) is 4.98 Å². The number of nitrogens with two attached hydrogens (primary N) is 1. The summed E-state index contributed by atoms with van der Waals surface area (Å²) >= 11 is 11.8. The molecular formula is C12H11Cl2N3. The molecule has 2 aromatic rings. The summed E-state index contributed by atoms with van der Waals surface area (Å²) in [7, 11) is 0. The Kier molecular flexibility index (Phi) is 3.41. The van der Waals surface area contributed by atoms with Crippen molar-refractivity contribution in [2.75, 3.05) is 11.1 Å². The van der Waals surface area contributed by atoms with E-state index in [-0.39, 0.29) is 0 Å². The van der Waals surface area contributed by atoms with Crippen LogP contribution in [0.2, 0.25) is 10.0 Å². The van der Waals surface area contributed by atoms with Gasteiger partial charge in [0.1, 0.15) is 0 Å². The number of rotatable bonds is 2. The molecule has 0 spiro atoms. The molecule has 0 fully saturated rings. The van der Waals surface area contributed by atoms with Crippen molar-refractivity contribution in [3.8, 4) is 0 Å². The van der Waals surface area contributed by atoms with E-state index in [1.165, 1.54) is 0 Å². The van der Waals surface area contributed by atoms with Gasteiger partial charge in [0, 0.05) is 11.4 Å². The standard InChI is InChI=1S/C12H11Cl2N3/c1-7-2-5-11(15)12(16-7)17-8-3-4-9(13)10(14)6-8/h2-6H,15H2,1H3,(H,16,17). The Morgan fingerprint density at radius 3 is 2.59 bits per heavy atom. The number of benzene rings is 1. The van der Waals surface area contributed by atoms with Gasteiger partial charge in [-0.15, -0.1) is 0 Å². The van der Waals surface area contributed by atoms with Crippen LogP contribution in [0.5, 0.6) is 0 Å². The van der Waals surface area contributed by atoms with Gasteiger partial charge >= 0.3 is 0 Å². The molecule has 0 aliphatic rings. The van der Waals surface area contributed by atoms with E-state index in [0.29, 0.717) is 21.6 Å². The normalized spacial score (nSPS) is 10.3. The van der Waals surface area contributed by atoms with Gasteiger partial charge in [0.25, 0.3) is 0 Å². The molecule has 0 amide bonds. The number of hydrogen-bond donors (Lipinski definition) is 2. The summed E-state index contributed by atoms with van der Waals surface area (Å²) in [4.78, 5) is 4.31. The summed E-state index contributed by atoms with van der Waals surface area (Å²) in [5.74, 6) is 0.614. The zero-order valence-electron chi connectivity index (χ0n) is 9.17. The molecule has 0 unspecified atom stereocenters. The molecular weight excluding hydrogens is 257 g/mol. The van der Waals surface area contributed by atoms with Crippen molar-refractivity contribution < 1.29 is 0 Å². The van der Waals surface area contributed by atoms with E-state index in [2.05, 4.69) is 10.3 Å². The SMILES string of the molecule is Cc1ccc(N)c(Nc2ccc(Cl)c(Cl)c2)n1. The first kappa shape index (κ1) is 12.0. The van der Waals surface area contributed by atoms with E-state index in [0.717, 1.165) is 11.4 Å². The minimum absolute atomic E-state index is 0.489. The van der Waals surface area contributed by atoms with Crippen molar-refractivity contribution in [3.63, 3.8) is 0 Å². The van der Waals surface area contributed by atoms with Crippen molar-refractivity contribution in [3.05, 3.63) is 46.1 Å². The largest absolute Gasteiger partial charge is 0.396 e. The minimum atomic E-state index is 0.489. The van der Waals surface area contributed by atoms with Gasteiger partial charge < -0.3 is 11.1 Å². The third kappa shape index (κ3) is 2.81. The van der Waals surface area contributed by atoms with Crippen LogP contribution in [0, 0.1) is 6.92 Å². The van der Waals surface area contributed by atoms with Crippen LogP contribution in [0.4, 0.5) is 17.2 Å². The number of anilines is 3. The number of nitrogens with one attached hydrogen (secondary N) is 1. The average Bonchev–Trinajstić information content (AvgIpc) is 2.29. The molecule has 0 aliphatic carbocycles. The lowest BCUT2D eigenvalue weighted by Crippen LogP contribution is -2.00. The third-order valence-corrected chi connectivity index (χ3v) is 2.99. The van der Waals surface area contributed by atoms with E-state index in [4.69, 9.17) is 28.9 Å². The number of nitrogen functional groups attached to an aromatic ring is 1. The van der Waals surface area contributed by atoms with Gasteiger partial charge in [-0.1, -0.05) is 23.2 Å². The number of pyridine rings is 1. The Balaban J connectivity index is 2.31. The van der Waals surface area contributed by atoms with Crippen molar-refractivity contribution in [2.24, 2.45) is 0 Å². The highest BCUT2D eigenvalue weighted by atomic mass is 35.5. The molecule has 1 aromatic carbocycles. The van der Waals surface area contributed by atoms with Gasteiger partial charge in [-0.3, -0.25) is 0 Å². The number of nitrogens with zero attached hydrogens (tertiary/aromatic N) is 1. The molecule has 3 N–H and O–H groups in total. The first-order chi connectivity index (χ1) is 8.06. The molecule has 0 saturated heterocycles. The predicted molar refractivity (Wildman–Crippen MR) is 73.1 cm³/mol. The molecule has 0 radical (unpaired) electrons. The summed E-state index contributed by atoms with van der Waals surface area (Å²) in [5, 5.41) is 4.11. The third-order valence-electron chi connectivity index (χ3n) is 2.25. The fourth-order valence-corrected chi connectivity index (χ4v) is 1.68. The van der Waals surface area contributed by atoms with E-state index in [1.807, 2.05) is 25.1 Å². The van der Waals surface area contributed by atoms with Crippen LogP contribution < -0.4 is 11.1 Å². The predicted octanol–water partition coefficient (Wildman–Crippen LogP) is 4.02. The van der Waals surface area contributed by atoms with Crippen molar-refractivity contribution in [1.29, 1.82) is 0 Å². The Morgan fingerprint density at radius 2 is 1.88 bits per heavy atom. The monoisotopic (exact) mass is 267 g/mol. The topological polar surface area (TPSA) is 50.9 Å². The second-order valence-corrected chi connectivity index (χ2v) is 4.46. The van der Waals surface area contributed by atoms with Gasteiger partial charge in [-0.2, -0.15) is 0 Å². The maximum absolute atomic E-state index is 5.93. The van der Waals surface area contributed by atoms with Crippen molar-refractivity contribution in [2.45, 2.75) is 6.92 Å². The highest BCUT2D eigenvalue weighted by Gasteiger charge is 2.04. The van der Waals surface area contributed by atoms with E-state index in [9.17, 15) is 0 Å². The minimum Gasteiger partial charge on any atom is -0.396 e. The lowest BCUT2D eigenvalue weighted by molar-refractivity contribution is 1.20. The van der Waals surface area contributed by atoms with Gasteiger partial charge in [-0.25, -0.2) is 4.98 Å². The highest BCUT2D eigenvalue weighted by Crippen LogP contribution is 2.28. The van der Waals surface area contributed by atoms with Gasteiger partial charge in [0.15, 0.2) is 5.82 Å². The molecule has 17 heavy (non-hydrogen) atoms. The Hall–Kier alpha value is -1.45. The number of aromatic nitrogens is 1. The summed E-state index contributed by atoms with van der Waals surface area (Å²) < 4.78 is 0. The van der Waals surface area contributed by atoms with Gasteiger partial charge in [0.2, 0.25) is 0 Å². The molecule has 1 heterocycles. The summed E-state index contributed by atoms with van der Waals surface area (Å²) in [5.41, 5.74) is 8.09. The first-order valence-corrected chi connectivity index (χ1v) is 5.77. The van der Waals surface area contributed by atoms with Crippen LogP contribution in [0.1, 0.15) is 5.69 Å². The molecule has 5 heteroatoms. The highest BCUT2D eigenvalue weighted by molar-refractivity contribution is 6.42. The van der Waals surface area contributed by atoms with Crippen LogP contribution >= 0.6 is 23.2 Å². The zero-order valence-corrected chi connectivity index (χ0v) is 10.7. The number of halogens is 2. The molecule has 88 valence electrons. The average molecular weight is 268 g/mol. The number of aryl methyl sites for hydroxylation is 1. The summed E-state index contributed by atoms with van der Waals surface area (Å²) in [6.45, 7) is 1.90. The van der Waals surface area contributed by atoms with E-state index in [1.54, 1.807) is 12.1 Å². The Bertz CT molecular complexity index is 555. The molecule has 3 nitrogen and oxygen atoms in total. The zero-order chi connectivity index (χ0) is 12.4.